The first kappa shape index (κ1) is 21.8. The standard InChI is InChI=1S/C25H28N4O3S/c1-3-17-14-27-25(28-15-17)29-10-8-19(9-11-29)23-13-20-12-22(26-16-24(20)32-23)18-4-6-21(7-5-18)33(2,30)31/h4-7,12,14-16,19,23H,3,8-11,13H2,1-2H3/t23-/m1/s1. The van der Waals surface area contributed by atoms with E-state index in [-0.39, 0.29) is 6.10 Å². The Labute approximate surface area is 194 Å². The molecule has 0 bridgehead atoms. The van der Waals surface area contributed by atoms with Crippen molar-refractivity contribution in [3.63, 3.8) is 0 Å². The molecule has 172 valence electrons. The molecule has 1 saturated heterocycles. The molecule has 4 heterocycles. The molecular formula is C25H28N4O3S. The number of fused-ring (bicyclic) bond motifs is 1. The summed E-state index contributed by atoms with van der Waals surface area (Å²) in [6.07, 6.45) is 10.9. The topological polar surface area (TPSA) is 85.3 Å². The van der Waals surface area contributed by atoms with Gasteiger partial charge >= 0.3 is 0 Å². The Hall–Kier alpha value is -3.00. The van der Waals surface area contributed by atoms with Crippen LogP contribution in [0.4, 0.5) is 5.95 Å². The summed E-state index contributed by atoms with van der Waals surface area (Å²) in [5.74, 6) is 2.16. The summed E-state index contributed by atoms with van der Waals surface area (Å²) in [6, 6.07) is 8.95. The van der Waals surface area contributed by atoms with E-state index >= 15 is 0 Å². The third-order valence-electron chi connectivity index (χ3n) is 6.67. The summed E-state index contributed by atoms with van der Waals surface area (Å²) >= 11 is 0. The van der Waals surface area contributed by atoms with Gasteiger partial charge in [0.05, 0.1) is 16.8 Å². The molecule has 0 unspecified atom stereocenters. The van der Waals surface area contributed by atoms with Gasteiger partial charge in [-0.1, -0.05) is 19.1 Å². The molecule has 1 fully saturated rings. The molecule has 0 radical (unpaired) electrons. The number of hydrogen-bond acceptors (Lipinski definition) is 7. The fourth-order valence-electron chi connectivity index (χ4n) is 4.63. The zero-order valence-electron chi connectivity index (χ0n) is 18.9. The van der Waals surface area contributed by atoms with E-state index < -0.39 is 9.84 Å². The molecule has 1 atom stereocenters. The summed E-state index contributed by atoms with van der Waals surface area (Å²) in [5.41, 5.74) is 4.06. The normalized spacial score (nSPS) is 18.7. The molecule has 0 spiro atoms. The lowest BCUT2D eigenvalue weighted by Crippen LogP contribution is -2.40. The second kappa shape index (κ2) is 8.74. The lowest BCUT2D eigenvalue weighted by atomic mass is 9.89. The third-order valence-corrected chi connectivity index (χ3v) is 7.80. The monoisotopic (exact) mass is 464 g/mol. The lowest BCUT2D eigenvalue weighted by Gasteiger charge is -2.34. The highest BCUT2D eigenvalue weighted by Gasteiger charge is 2.33. The van der Waals surface area contributed by atoms with E-state index in [1.54, 1.807) is 18.3 Å². The molecular weight excluding hydrogens is 436 g/mol. The van der Waals surface area contributed by atoms with Gasteiger partial charge in [0.1, 0.15) is 11.9 Å². The van der Waals surface area contributed by atoms with Crippen molar-refractivity contribution in [1.82, 2.24) is 15.0 Å². The summed E-state index contributed by atoms with van der Waals surface area (Å²) < 4.78 is 29.7. The summed E-state index contributed by atoms with van der Waals surface area (Å²) in [7, 11) is -3.21. The zero-order chi connectivity index (χ0) is 23.0. The van der Waals surface area contributed by atoms with Gasteiger partial charge < -0.3 is 9.64 Å². The van der Waals surface area contributed by atoms with Gasteiger partial charge in [0, 0.05) is 49.3 Å². The summed E-state index contributed by atoms with van der Waals surface area (Å²) in [5, 5.41) is 0. The highest BCUT2D eigenvalue weighted by atomic mass is 32.2. The predicted octanol–water partition coefficient (Wildman–Crippen LogP) is 3.72. The van der Waals surface area contributed by atoms with Crippen molar-refractivity contribution in [2.45, 2.75) is 43.6 Å². The van der Waals surface area contributed by atoms with E-state index in [9.17, 15) is 8.42 Å². The molecule has 8 heteroatoms. The van der Waals surface area contributed by atoms with Crippen LogP contribution >= 0.6 is 0 Å². The van der Waals surface area contributed by atoms with Gasteiger partial charge in [0.25, 0.3) is 0 Å². The molecule has 7 nitrogen and oxygen atoms in total. The SMILES string of the molecule is CCc1cnc(N2CCC([C@H]3Cc4cc(-c5ccc(S(C)(=O)=O)cc5)ncc4O3)CC2)nc1. The van der Waals surface area contributed by atoms with Crippen molar-refractivity contribution < 1.29 is 13.2 Å². The molecule has 33 heavy (non-hydrogen) atoms. The predicted molar refractivity (Wildman–Crippen MR) is 127 cm³/mol. The molecule has 3 aromatic rings. The van der Waals surface area contributed by atoms with Crippen molar-refractivity contribution in [2.75, 3.05) is 24.2 Å². The number of hydrogen-bond donors (Lipinski definition) is 0. The molecule has 2 aromatic heterocycles. The number of pyridine rings is 1. The minimum atomic E-state index is -3.21. The maximum absolute atomic E-state index is 11.7. The quantitative estimate of drug-likeness (QED) is 0.569. The zero-order valence-corrected chi connectivity index (χ0v) is 19.8. The highest BCUT2D eigenvalue weighted by Crippen LogP contribution is 2.37. The largest absolute Gasteiger partial charge is 0.488 e. The average Bonchev–Trinajstić information content (AvgIpc) is 3.27. The van der Waals surface area contributed by atoms with Crippen LogP contribution in [0.25, 0.3) is 11.3 Å². The molecule has 5 rings (SSSR count). The molecule has 2 aliphatic rings. The third kappa shape index (κ3) is 4.57. The Kier molecular flexibility index (Phi) is 5.78. The highest BCUT2D eigenvalue weighted by molar-refractivity contribution is 7.90. The molecule has 2 aliphatic heterocycles. The minimum absolute atomic E-state index is 0.162. The number of rotatable bonds is 5. The molecule has 0 amide bonds. The van der Waals surface area contributed by atoms with Crippen LogP contribution in [0.5, 0.6) is 5.75 Å². The van der Waals surface area contributed by atoms with Crippen LogP contribution in [0.2, 0.25) is 0 Å². The van der Waals surface area contributed by atoms with Gasteiger partial charge in [-0.15, -0.1) is 0 Å². The Morgan fingerprint density at radius 2 is 1.73 bits per heavy atom. The van der Waals surface area contributed by atoms with Crippen molar-refractivity contribution in [2.24, 2.45) is 5.92 Å². The number of benzene rings is 1. The first-order chi connectivity index (χ1) is 15.9. The molecule has 0 N–H and O–H groups in total. The minimum Gasteiger partial charge on any atom is -0.488 e. The Balaban J connectivity index is 1.23. The van der Waals surface area contributed by atoms with E-state index in [1.165, 1.54) is 6.26 Å². The van der Waals surface area contributed by atoms with Gasteiger partial charge in [0.2, 0.25) is 5.95 Å². The first-order valence-electron chi connectivity index (χ1n) is 11.4. The number of sulfone groups is 1. The van der Waals surface area contributed by atoms with Gasteiger partial charge in [-0.2, -0.15) is 0 Å². The molecule has 1 aromatic carbocycles. The van der Waals surface area contributed by atoms with Gasteiger partial charge in [0.15, 0.2) is 9.84 Å². The van der Waals surface area contributed by atoms with Crippen molar-refractivity contribution in [3.05, 3.63) is 60.0 Å². The Morgan fingerprint density at radius 3 is 2.36 bits per heavy atom. The van der Waals surface area contributed by atoms with Crippen LogP contribution < -0.4 is 9.64 Å². The van der Waals surface area contributed by atoms with Crippen molar-refractivity contribution in [3.8, 4) is 17.0 Å². The Morgan fingerprint density at radius 1 is 1.03 bits per heavy atom. The van der Waals surface area contributed by atoms with Crippen LogP contribution in [0.1, 0.15) is 30.9 Å². The van der Waals surface area contributed by atoms with Crippen molar-refractivity contribution in [1.29, 1.82) is 0 Å². The number of ether oxygens (including phenoxy) is 1. The number of aryl methyl sites for hydroxylation is 1. The van der Waals surface area contributed by atoms with Crippen molar-refractivity contribution >= 4 is 15.8 Å². The average molecular weight is 465 g/mol. The van der Waals surface area contributed by atoms with Gasteiger partial charge in [-0.3, -0.25) is 4.98 Å². The van der Waals surface area contributed by atoms with Crippen LogP contribution in [0.3, 0.4) is 0 Å². The fourth-order valence-corrected chi connectivity index (χ4v) is 5.26. The second-order valence-corrected chi connectivity index (χ2v) is 10.9. The summed E-state index contributed by atoms with van der Waals surface area (Å²) in [6.45, 7) is 3.97. The second-order valence-electron chi connectivity index (χ2n) is 8.90. The maximum atomic E-state index is 11.7. The number of nitrogens with zero attached hydrogens (tertiary/aromatic N) is 4. The lowest BCUT2D eigenvalue weighted by molar-refractivity contribution is 0.138. The van der Waals surface area contributed by atoms with Crippen LogP contribution in [0, 0.1) is 5.92 Å². The van der Waals surface area contributed by atoms with Gasteiger partial charge in [-0.05, 0) is 48.9 Å². The molecule has 0 aliphatic carbocycles. The van der Waals surface area contributed by atoms with E-state index in [2.05, 4.69) is 32.8 Å². The number of anilines is 1. The van der Waals surface area contributed by atoms with E-state index in [0.717, 1.165) is 72.9 Å². The fraction of sp³-hybridized carbons (Fsp3) is 0.400. The van der Waals surface area contributed by atoms with Crippen LogP contribution in [0.15, 0.2) is 53.8 Å². The smallest absolute Gasteiger partial charge is 0.225 e. The molecule has 0 saturated carbocycles. The number of aromatic nitrogens is 3. The number of piperidine rings is 1. The summed E-state index contributed by atoms with van der Waals surface area (Å²) in [4.78, 5) is 16.2. The van der Waals surface area contributed by atoms with Crippen LogP contribution in [-0.4, -0.2) is 48.8 Å². The first-order valence-corrected chi connectivity index (χ1v) is 13.3. The van der Waals surface area contributed by atoms with E-state index in [0.29, 0.717) is 10.8 Å². The maximum Gasteiger partial charge on any atom is 0.225 e. The Bertz CT molecular complexity index is 1240. The van der Waals surface area contributed by atoms with E-state index in [1.807, 2.05) is 24.5 Å². The van der Waals surface area contributed by atoms with Crippen LogP contribution in [-0.2, 0) is 22.7 Å². The van der Waals surface area contributed by atoms with E-state index in [4.69, 9.17) is 4.74 Å². The van der Waals surface area contributed by atoms with Gasteiger partial charge in [-0.25, -0.2) is 18.4 Å².